The van der Waals surface area contributed by atoms with Gasteiger partial charge in [0.25, 0.3) is 0 Å². The molecule has 166 valence electrons. The van der Waals surface area contributed by atoms with Crippen molar-refractivity contribution >= 4 is 29.2 Å². The predicted octanol–water partition coefficient (Wildman–Crippen LogP) is 2.28. The number of carboxylic acid groups (broad SMARTS) is 1. The highest BCUT2D eigenvalue weighted by Gasteiger charge is 2.20. The first-order valence-electron chi connectivity index (χ1n) is 9.67. The Morgan fingerprint density at radius 1 is 0.935 bits per heavy atom. The topological polar surface area (TPSA) is 126 Å². The summed E-state index contributed by atoms with van der Waals surface area (Å²) < 4.78 is 10.5. The molecule has 0 bridgehead atoms. The summed E-state index contributed by atoms with van der Waals surface area (Å²) in [5, 5.41) is 17.6. The number of ether oxygens (including phenoxy) is 2. The quantitative estimate of drug-likeness (QED) is 0.432. The number of hydrogen-bond acceptors (Lipinski definition) is 6. The first kappa shape index (κ1) is 23.7. The van der Waals surface area contributed by atoms with Crippen LogP contribution in [-0.2, 0) is 20.8 Å². The van der Waals surface area contributed by atoms with Gasteiger partial charge in [-0.25, -0.2) is 0 Å². The van der Waals surface area contributed by atoms with E-state index in [1.54, 1.807) is 44.6 Å². The van der Waals surface area contributed by atoms with Gasteiger partial charge in [-0.15, -0.1) is 0 Å². The first-order valence-corrected chi connectivity index (χ1v) is 9.67. The maximum Gasteiger partial charge on any atom is 0.321 e. The lowest BCUT2D eigenvalue weighted by Crippen LogP contribution is -2.40. The van der Waals surface area contributed by atoms with Gasteiger partial charge in [0.1, 0.15) is 6.04 Å². The molecule has 2 amide bonds. The van der Waals surface area contributed by atoms with E-state index < -0.39 is 17.9 Å². The minimum atomic E-state index is -1.11. The Morgan fingerprint density at radius 3 is 2.10 bits per heavy atom. The molecule has 1 atom stereocenters. The van der Waals surface area contributed by atoms with Crippen LogP contribution >= 0.6 is 0 Å². The lowest BCUT2D eigenvalue weighted by atomic mass is 10.1. The number of methoxy groups -OCH3 is 2. The number of aliphatic carboxylic acids is 1. The molecule has 9 heteroatoms. The van der Waals surface area contributed by atoms with E-state index >= 15 is 0 Å². The Kier molecular flexibility index (Phi) is 8.83. The smallest absolute Gasteiger partial charge is 0.321 e. The number of nitrogens with one attached hydrogen (secondary N) is 3. The van der Waals surface area contributed by atoms with E-state index in [1.165, 1.54) is 6.92 Å². The summed E-state index contributed by atoms with van der Waals surface area (Å²) in [7, 11) is 3.10. The molecule has 0 spiro atoms. The minimum Gasteiger partial charge on any atom is -0.493 e. The van der Waals surface area contributed by atoms with Crippen molar-refractivity contribution in [1.29, 1.82) is 0 Å². The number of amides is 2. The van der Waals surface area contributed by atoms with Gasteiger partial charge in [-0.3, -0.25) is 14.4 Å². The van der Waals surface area contributed by atoms with E-state index in [9.17, 15) is 19.5 Å². The zero-order valence-corrected chi connectivity index (χ0v) is 17.7. The van der Waals surface area contributed by atoms with Gasteiger partial charge in [0.2, 0.25) is 11.8 Å². The molecule has 2 aromatic rings. The first-order chi connectivity index (χ1) is 14.8. The second-order valence-corrected chi connectivity index (χ2v) is 6.80. The fourth-order valence-corrected chi connectivity index (χ4v) is 2.91. The molecule has 4 N–H and O–H groups in total. The van der Waals surface area contributed by atoms with Crippen molar-refractivity contribution in [2.24, 2.45) is 0 Å². The Hall–Kier alpha value is -3.59. The van der Waals surface area contributed by atoms with Crippen LogP contribution in [0.25, 0.3) is 0 Å². The highest BCUT2D eigenvalue weighted by Crippen LogP contribution is 2.27. The van der Waals surface area contributed by atoms with Gasteiger partial charge in [0.15, 0.2) is 11.5 Å². The van der Waals surface area contributed by atoms with Gasteiger partial charge in [-0.05, 0) is 54.9 Å². The van der Waals surface area contributed by atoms with Gasteiger partial charge in [-0.1, -0.05) is 6.07 Å². The third-order valence-corrected chi connectivity index (χ3v) is 4.43. The van der Waals surface area contributed by atoms with Crippen molar-refractivity contribution in [2.45, 2.75) is 25.8 Å². The van der Waals surface area contributed by atoms with E-state index in [2.05, 4.69) is 16.0 Å². The van der Waals surface area contributed by atoms with E-state index in [4.69, 9.17) is 9.47 Å². The molecule has 0 aliphatic heterocycles. The standard InChI is InChI=1S/C22H27N3O6/c1-14(26)24-16-5-7-17(8-6-16)25-21(27)13-18(22(28)29)23-11-10-15-4-9-19(30-2)20(12-15)31-3/h4-9,12,18,23H,10-11,13H2,1-3H3,(H,24,26)(H,25,27)(H,28,29)/t18-/m0/s1. The highest BCUT2D eigenvalue weighted by molar-refractivity contribution is 5.94. The number of carbonyl (C=O) groups excluding carboxylic acids is 2. The predicted molar refractivity (Wildman–Crippen MR) is 117 cm³/mol. The maximum absolute atomic E-state index is 12.3. The fourth-order valence-electron chi connectivity index (χ4n) is 2.91. The molecule has 0 radical (unpaired) electrons. The van der Waals surface area contributed by atoms with E-state index in [0.717, 1.165) is 5.56 Å². The van der Waals surface area contributed by atoms with E-state index in [0.29, 0.717) is 35.8 Å². The van der Waals surface area contributed by atoms with Gasteiger partial charge < -0.3 is 30.5 Å². The molecule has 2 aromatic carbocycles. The summed E-state index contributed by atoms with van der Waals surface area (Å²) in [6, 6.07) is 11.0. The number of hydrogen-bond donors (Lipinski definition) is 4. The molecule has 0 unspecified atom stereocenters. The van der Waals surface area contributed by atoms with Gasteiger partial charge in [0.05, 0.1) is 20.6 Å². The van der Waals surface area contributed by atoms with Crippen molar-refractivity contribution in [3.05, 3.63) is 48.0 Å². The average molecular weight is 429 g/mol. The average Bonchev–Trinajstić information content (AvgIpc) is 2.73. The molecule has 0 aromatic heterocycles. The minimum absolute atomic E-state index is 0.194. The molecule has 2 rings (SSSR count). The van der Waals surface area contributed by atoms with Crippen LogP contribution < -0.4 is 25.4 Å². The second-order valence-electron chi connectivity index (χ2n) is 6.80. The van der Waals surface area contributed by atoms with Crippen LogP contribution in [0.5, 0.6) is 11.5 Å². The molecule has 9 nitrogen and oxygen atoms in total. The Bertz CT molecular complexity index is 914. The lowest BCUT2D eigenvalue weighted by molar-refractivity contribution is -0.141. The number of benzene rings is 2. The molecule has 0 saturated carbocycles. The zero-order chi connectivity index (χ0) is 22.8. The molecule has 0 aliphatic carbocycles. The Morgan fingerprint density at radius 2 is 1.55 bits per heavy atom. The fraction of sp³-hybridized carbons (Fsp3) is 0.318. The largest absolute Gasteiger partial charge is 0.493 e. The van der Waals surface area contributed by atoms with Crippen LogP contribution in [0.3, 0.4) is 0 Å². The van der Waals surface area contributed by atoms with Crippen LogP contribution in [0.1, 0.15) is 18.9 Å². The maximum atomic E-state index is 12.3. The molecule has 31 heavy (non-hydrogen) atoms. The Balaban J connectivity index is 1.87. The summed E-state index contributed by atoms with van der Waals surface area (Å²) in [5.41, 5.74) is 2.05. The second kappa shape index (κ2) is 11.6. The van der Waals surface area contributed by atoms with Crippen LogP contribution in [-0.4, -0.2) is 49.7 Å². The van der Waals surface area contributed by atoms with Crippen molar-refractivity contribution in [1.82, 2.24) is 5.32 Å². The third-order valence-electron chi connectivity index (χ3n) is 4.43. The molecule has 0 heterocycles. The normalized spacial score (nSPS) is 11.3. The number of rotatable bonds is 11. The van der Waals surface area contributed by atoms with Crippen LogP contribution in [0.4, 0.5) is 11.4 Å². The summed E-state index contributed by atoms with van der Waals surface area (Å²) in [6.45, 7) is 1.77. The van der Waals surface area contributed by atoms with Crippen molar-refractivity contribution in [3.63, 3.8) is 0 Å². The van der Waals surface area contributed by atoms with Gasteiger partial charge >= 0.3 is 5.97 Å². The van der Waals surface area contributed by atoms with Crippen molar-refractivity contribution in [3.8, 4) is 11.5 Å². The summed E-state index contributed by atoms with van der Waals surface area (Å²) in [5.74, 6) is -0.523. The van der Waals surface area contributed by atoms with Crippen molar-refractivity contribution in [2.75, 3.05) is 31.4 Å². The summed E-state index contributed by atoms with van der Waals surface area (Å²) in [6.07, 6.45) is 0.324. The number of carboxylic acids is 1. The number of carbonyl (C=O) groups is 3. The SMILES string of the molecule is COc1ccc(CCN[C@@H](CC(=O)Nc2ccc(NC(C)=O)cc2)C(=O)O)cc1OC. The monoisotopic (exact) mass is 429 g/mol. The molecular weight excluding hydrogens is 402 g/mol. The molecule has 0 saturated heterocycles. The van der Waals surface area contributed by atoms with Gasteiger partial charge in [0, 0.05) is 18.3 Å². The van der Waals surface area contributed by atoms with Crippen molar-refractivity contribution < 1.29 is 29.0 Å². The van der Waals surface area contributed by atoms with E-state index in [-0.39, 0.29) is 12.3 Å². The van der Waals surface area contributed by atoms with Gasteiger partial charge in [-0.2, -0.15) is 0 Å². The number of anilines is 2. The summed E-state index contributed by atoms with van der Waals surface area (Å²) in [4.78, 5) is 34.8. The Labute approximate surface area is 180 Å². The van der Waals surface area contributed by atoms with E-state index in [1.807, 2.05) is 12.1 Å². The summed E-state index contributed by atoms with van der Waals surface area (Å²) >= 11 is 0. The van der Waals surface area contributed by atoms with Crippen LogP contribution in [0.2, 0.25) is 0 Å². The lowest BCUT2D eigenvalue weighted by Gasteiger charge is -2.15. The molecule has 0 fully saturated rings. The molecular formula is C22H27N3O6. The molecule has 0 aliphatic rings. The van der Waals surface area contributed by atoms with Crippen LogP contribution in [0.15, 0.2) is 42.5 Å². The van der Waals surface area contributed by atoms with Crippen LogP contribution in [0, 0.1) is 0 Å². The zero-order valence-electron chi connectivity index (χ0n) is 17.7. The highest BCUT2D eigenvalue weighted by atomic mass is 16.5. The third kappa shape index (κ3) is 7.63.